The van der Waals surface area contributed by atoms with E-state index in [1.807, 2.05) is 0 Å². The highest BCUT2D eigenvalue weighted by molar-refractivity contribution is 7.80. The van der Waals surface area contributed by atoms with Crippen molar-refractivity contribution in [2.75, 3.05) is 12.3 Å². The van der Waals surface area contributed by atoms with E-state index in [1.165, 1.54) is 0 Å². The van der Waals surface area contributed by atoms with Crippen LogP contribution in [0.25, 0.3) is 0 Å². The molecule has 10 heteroatoms. The van der Waals surface area contributed by atoms with Gasteiger partial charge in [-0.15, -0.1) is 0 Å². The molecule has 0 aliphatic heterocycles. The Kier molecular flexibility index (Phi) is 10.8. The summed E-state index contributed by atoms with van der Waals surface area (Å²) in [5.41, 5.74) is 5.31. The van der Waals surface area contributed by atoms with Crippen LogP contribution in [-0.4, -0.2) is 59.3 Å². The molecule has 0 rings (SSSR count). The van der Waals surface area contributed by atoms with Gasteiger partial charge >= 0.3 is 11.9 Å². The molecular weight excluding hydrogens is 338 g/mol. The number of nitrogens with two attached hydrogens (primary N) is 1. The fourth-order valence-corrected chi connectivity index (χ4v) is 1.92. The van der Waals surface area contributed by atoms with E-state index in [0.29, 0.717) is 5.75 Å². The standard InChI is InChI=1S/C14H25N3O6S/c1-8(2)23-12(19)7-16-13(20)10(5-6-24)17-11(18)4-3-9(15)14(21)22/h8-10,24H,3-7,15H2,1-2H3,(H,16,20)(H,17,18)(H,21,22)/t9-,10-/m0/s1. The Morgan fingerprint density at radius 2 is 1.83 bits per heavy atom. The summed E-state index contributed by atoms with van der Waals surface area (Å²) >= 11 is 4.02. The van der Waals surface area contributed by atoms with E-state index in [2.05, 4.69) is 23.3 Å². The Bertz CT molecular complexity index is 458. The van der Waals surface area contributed by atoms with E-state index in [0.717, 1.165) is 0 Å². The lowest BCUT2D eigenvalue weighted by atomic mass is 10.1. The summed E-state index contributed by atoms with van der Waals surface area (Å²) in [6.45, 7) is 3.07. The van der Waals surface area contributed by atoms with Gasteiger partial charge in [-0.1, -0.05) is 0 Å². The van der Waals surface area contributed by atoms with Crippen LogP contribution in [0.2, 0.25) is 0 Å². The van der Waals surface area contributed by atoms with Crippen molar-refractivity contribution in [1.82, 2.24) is 10.6 Å². The summed E-state index contributed by atoms with van der Waals surface area (Å²) < 4.78 is 4.88. The first-order valence-electron chi connectivity index (χ1n) is 7.53. The smallest absolute Gasteiger partial charge is 0.325 e. The van der Waals surface area contributed by atoms with Crippen molar-refractivity contribution in [3.05, 3.63) is 0 Å². The molecule has 2 atom stereocenters. The number of carboxylic acids is 1. The molecule has 0 heterocycles. The largest absolute Gasteiger partial charge is 0.480 e. The minimum Gasteiger partial charge on any atom is -0.480 e. The summed E-state index contributed by atoms with van der Waals surface area (Å²) in [4.78, 5) is 45.8. The molecule has 0 aromatic heterocycles. The molecule has 0 aliphatic carbocycles. The fourth-order valence-electron chi connectivity index (χ4n) is 1.66. The average Bonchev–Trinajstić information content (AvgIpc) is 2.48. The Labute approximate surface area is 146 Å². The summed E-state index contributed by atoms with van der Waals surface area (Å²) in [6, 6.07) is -2.01. The highest BCUT2D eigenvalue weighted by atomic mass is 32.1. The van der Waals surface area contributed by atoms with Gasteiger partial charge in [-0.05, 0) is 32.4 Å². The molecule has 0 saturated heterocycles. The van der Waals surface area contributed by atoms with Crippen LogP contribution in [-0.2, 0) is 23.9 Å². The molecule has 0 aromatic carbocycles. The number of nitrogens with one attached hydrogen (secondary N) is 2. The minimum atomic E-state index is -1.20. The number of esters is 1. The van der Waals surface area contributed by atoms with Crippen LogP contribution in [0.5, 0.6) is 0 Å². The van der Waals surface area contributed by atoms with Crippen molar-refractivity contribution in [2.45, 2.75) is 51.3 Å². The third-order valence-electron chi connectivity index (χ3n) is 2.84. The van der Waals surface area contributed by atoms with E-state index in [1.54, 1.807) is 13.8 Å². The summed E-state index contributed by atoms with van der Waals surface area (Å²) in [5.74, 6) is -2.49. The molecule has 138 valence electrons. The molecule has 0 spiro atoms. The van der Waals surface area contributed by atoms with E-state index in [-0.39, 0.29) is 31.9 Å². The minimum absolute atomic E-state index is 0.0445. The molecule has 5 N–H and O–H groups in total. The van der Waals surface area contributed by atoms with Gasteiger partial charge < -0.3 is 26.2 Å². The molecule has 24 heavy (non-hydrogen) atoms. The van der Waals surface area contributed by atoms with Crippen LogP contribution in [0.15, 0.2) is 0 Å². The maximum Gasteiger partial charge on any atom is 0.325 e. The van der Waals surface area contributed by atoms with Crippen LogP contribution < -0.4 is 16.4 Å². The van der Waals surface area contributed by atoms with E-state index >= 15 is 0 Å². The van der Waals surface area contributed by atoms with Crippen LogP contribution in [0.1, 0.15) is 33.1 Å². The Hall–Kier alpha value is -1.81. The predicted molar refractivity (Wildman–Crippen MR) is 89.5 cm³/mol. The number of carbonyl (C=O) groups is 4. The molecule has 9 nitrogen and oxygen atoms in total. The van der Waals surface area contributed by atoms with Crippen molar-refractivity contribution < 1.29 is 29.0 Å². The van der Waals surface area contributed by atoms with E-state index < -0.39 is 35.8 Å². The van der Waals surface area contributed by atoms with Crippen LogP contribution >= 0.6 is 12.6 Å². The second-order valence-corrected chi connectivity index (χ2v) is 5.82. The maximum absolute atomic E-state index is 12.0. The molecule has 0 bridgehead atoms. The number of hydrogen-bond acceptors (Lipinski definition) is 7. The van der Waals surface area contributed by atoms with Gasteiger partial charge in [-0.25, -0.2) is 0 Å². The predicted octanol–water partition coefficient (Wildman–Crippen LogP) is -0.949. The van der Waals surface area contributed by atoms with Gasteiger partial charge in [0.15, 0.2) is 0 Å². The summed E-state index contributed by atoms with van der Waals surface area (Å²) in [5, 5.41) is 13.5. The normalized spacial score (nSPS) is 13.0. The van der Waals surface area contributed by atoms with E-state index in [9.17, 15) is 19.2 Å². The first-order chi connectivity index (χ1) is 11.2. The fraction of sp³-hybridized carbons (Fsp3) is 0.714. The molecule has 0 fully saturated rings. The van der Waals surface area contributed by atoms with Crippen molar-refractivity contribution >= 4 is 36.4 Å². The molecule has 0 aliphatic rings. The number of thiol groups is 1. The van der Waals surface area contributed by atoms with Crippen LogP contribution in [0.3, 0.4) is 0 Å². The number of carboxylic acid groups (broad SMARTS) is 1. The highest BCUT2D eigenvalue weighted by Gasteiger charge is 2.22. The zero-order valence-corrected chi connectivity index (χ0v) is 14.7. The van der Waals surface area contributed by atoms with Crippen molar-refractivity contribution in [3.63, 3.8) is 0 Å². The van der Waals surface area contributed by atoms with E-state index in [4.69, 9.17) is 15.6 Å². The van der Waals surface area contributed by atoms with Gasteiger partial charge in [0.05, 0.1) is 6.10 Å². The topological polar surface area (TPSA) is 148 Å². The van der Waals surface area contributed by atoms with Gasteiger partial charge in [-0.2, -0.15) is 12.6 Å². The zero-order chi connectivity index (χ0) is 18.7. The Balaban J connectivity index is 4.40. The third-order valence-corrected chi connectivity index (χ3v) is 3.10. The molecule has 2 amide bonds. The zero-order valence-electron chi connectivity index (χ0n) is 13.8. The SMILES string of the molecule is CC(C)OC(=O)CNC(=O)[C@H](CCS)NC(=O)CC[C@H](N)C(=O)O. The van der Waals surface area contributed by atoms with Crippen LogP contribution in [0, 0.1) is 0 Å². The lowest BCUT2D eigenvalue weighted by Gasteiger charge is -2.18. The van der Waals surface area contributed by atoms with Gasteiger partial charge in [0.2, 0.25) is 11.8 Å². The third kappa shape index (κ3) is 10.1. The average molecular weight is 363 g/mol. The lowest BCUT2D eigenvalue weighted by molar-refractivity contribution is -0.147. The molecule has 0 unspecified atom stereocenters. The Morgan fingerprint density at radius 3 is 2.33 bits per heavy atom. The summed E-state index contributed by atoms with van der Waals surface area (Å²) in [6.07, 6.45) is -0.206. The molecular formula is C14H25N3O6S. The van der Waals surface area contributed by atoms with Gasteiger partial charge in [0, 0.05) is 6.42 Å². The Morgan fingerprint density at radius 1 is 1.21 bits per heavy atom. The number of carbonyl (C=O) groups excluding carboxylic acids is 3. The highest BCUT2D eigenvalue weighted by Crippen LogP contribution is 2.00. The first kappa shape index (κ1) is 22.2. The monoisotopic (exact) mass is 363 g/mol. The number of hydrogen-bond donors (Lipinski definition) is 5. The van der Waals surface area contributed by atoms with Crippen molar-refractivity contribution in [2.24, 2.45) is 5.73 Å². The summed E-state index contributed by atoms with van der Waals surface area (Å²) in [7, 11) is 0. The van der Waals surface area contributed by atoms with Gasteiger partial charge in [-0.3, -0.25) is 19.2 Å². The van der Waals surface area contributed by atoms with Crippen LogP contribution in [0.4, 0.5) is 0 Å². The van der Waals surface area contributed by atoms with Crippen molar-refractivity contribution in [3.8, 4) is 0 Å². The number of ether oxygens (including phenoxy) is 1. The molecule has 0 radical (unpaired) electrons. The lowest BCUT2D eigenvalue weighted by Crippen LogP contribution is -2.48. The molecule has 0 saturated carbocycles. The number of aliphatic carboxylic acids is 1. The maximum atomic E-state index is 12.0. The van der Waals surface area contributed by atoms with Crippen molar-refractivity contribution in [1.29, 1.82) is 0 Å². The first-order valence-corrected chi connectivity index (χ1v) is 8.16. The number of amides is 2. The van der Waals surface area contributed by atoms with Gasteiger partial charge in [0.1, 0.15) is 18.6 Å². The quantitative estimate of drug-likeness (QED) is 0.235. The van der Waals surface area contributed by atoms with Gasteiger partial charge in [0.25, 0.3) is 0 Å². The molecule has 0 aromatic rings. The second kappa shape index (κ2) is 11.7. The second-order valence-electron chi connectivity index (χ2n) is 5.37. The number of rotatable bonds is 11.